The first-order valence-electron chi connectivity index (χ1n) is 7.20. The first-order chi connectivity index (χ1) is 8.90. The van der Waals surface area contributed by atoms with E-state index < -0.39 is 0 Å². The molecule has 1 aliphatic heterocycles. The second-order valence-electron chi connectivity index (χ2n) is 5.18. The van der Waals surface area contributed by atoms with Crippen molar-refractivity contribution in [2.75, 3.05) is 13.2 Å². The Hall–Kier alpha value is -1.08. The van der Waals surface area contributed by atoms with Crippen LogP contribution in [-0.4, -0.2) is 13.2 Å². The van der Waals surface area contributed by atoms with Crippen molar-refractivity contribution >= 4 is 0 Å². The molecule has 1 aliphatic rings. The Kier molecular flexibility index (Phi) is 5.47. The van der Waals surface area contributed by atoms with Crippen LogP contribution in [0.5, 0.6) is 0 Å². The predicted octanol–water partition coefficient (Wildman–Crippen LogP) is 4.38. The first kappa shape index (κ1) is 13.4. The van der Waals surface area contributed by atoms with E-state index in [1.807, 2.05) is 0 Å². The van der Waals surface area contributed by atoms with Gasteiger partial charge in [0.1, 0.15) is 0 Å². The van der Waals surface area contributed by atoms with E-state index in [1.165, 1.54) is 36.8 Å². The maximum absolute atomic E-state index is 5.63. The Morgan fingerprint density at radius 3 is 2.83 bits per heavy atom. The molecule has 0 saturated carbocycles. The molecule has 1 heterocycles. The molecule has 0 bridgehead atoms. The maximum Gasteiger partial charge on any atom is 0.0680 e. The molecule has 0 amide bonds. The Morgan fingerprint density at radius 1 is 1.22 bits per heavy atom. The number of ether oxygens (including phenoxy) is 1. The number of hydrogen-bond donors (Lipinski definition) is 0. The van der Waals surface area contributed by atoms with E-state index in [4.69, 9.17) is 4.74 Å². The van der Waals surface area contributed by atoms with Gasteiger partial charge in [0.05, 0.1) is 13.2 Å². The van der Waals surface area contributed by atoms with E-state index in [1.54, 1.807) is 0 Å². The minimum Gasteiger partial charge on any atom is -0.376 e. The highest BCUT2D eigenvalue weighted by molar-refractivity contribution is 5.20. The SMILES string of the molecule is CCCCCC=C1COC[C@H]1Cc1ccccc1. The van der Waals surface area contributed by atoms with Gasteiger partial charge in [-0.15, -0.1) is 0 Å². The highest BCUT2D eigenvalue weighted by Gasteiger charge is 2.21. The molecule has 1 fully saturated rings. The maximum atomic E-state index is 5.63. The fourth-order valence-corrected chi connectivity index (χ4v) is 2.54. The van der Waals surface area contributed by atoms with Crippen LogP contribution >= 0.6 is 0 Å². The molecule has 18 heavy (non-hydrogen) atoms. The van der Waals surface area contributed by atoms with Crippen LogP contribution in [0.4, 0.5) is 0 Å². The van der Waals surface area contributed by atoms with Crippen molar-refractivity contribution in [2.24, 2.45) is 5.92 Å². The van der Waals surface area contributed by atoms with Gasteiger partial charge in [0.15, 0.2) is 0 Å². The molecule has 2 rings (SSSR count). The molecule has 0 spiro atoms. The monoisotopic (exact) mass is 244 g/mol. The Labute approximate surface area is 111 Å². The number of allylic oxidation sites excluding steroid dienone is 1. The topological polar surface area (TPSA) is 9.23 Å². The quantitative estimate of drug-likeness (QED) is 0.533. The van der Waals surface area contributed by atoms with Crippen LogP contribution in [0, 0.1) is 5.92 Å². The molecule has 1 aromatic carbocycles. The molecule has 1 saturated heterocycles. The summed E-state index contributed by atoms with van der Waals surface area (Å²) in [6, 6.07) is 10.8. The molecule has 1 atom stereocenters. The molecule has 0 aromatic heterocycles. The van der Waals surface area contributed by atoms with Gasteiger partial charge in [-0.25, -0.2) is 0 Å². The molecule has 98 valence electrons. The van der Waals surface area contributed by atoms with Crippen LogP contribution < -0.4 is 0 Å². The van der Waals surface area contributed by atoms with Crippen molar-refractivity contribution in [3.8, 4) is 0 Å². The number of unbranched alkanes of at least 4 members (excludes halogenated alkanes) is 3. The van der Waals surface area contributed by atoms with Gasteiger partial charge in [0.25, 0.3) is 0 Å². The van der Waals surface area contributed by atoms with E-state index in [0.29, 0.717) is 5.92 Å². The fraction of sp³-hybridized carbons (Fsp3) is 0.529. The molecular weight excluding hydrogens is 220 g/mol. The Balaban J connectivity index is 1.87. The van der Waals surface area contributed by atoms with Crippen LogP contribution in [0.2, 0.25) is 0 Å². The number of benzene rings is 1. The zero-order chi connectivity index (χ0) is 12.6. The Bertz CT molecular complexity index is 366. The fourth-order valence-electron chi connectivity index (χ4n) is 2.54. The van der Waals surface area contributed by atoms with E-state index in [0.717, 1.165) is 19.6 Å². The minimum absolute atomic E-state index is 0.606. The third-order valence-corrected chi connectivity index (χ3v) is 3.65. The highest BCUT2D eigenvalue weighted by atomic mass is 16.5. The average Bonchev–Trinajstić information content (AvgIpc) is 2.83. The van der Waals surface area contributed by atoms with Gasteiger partial charge in [-0.3, -0.25) is 0 Å². The van der Waals surface area contributed by atoms with Crippen molar-refractivity contribution in [1.29, 1.82) is 0 Å². The lowest BCUT2D eigenvalue weighted by Gasteiger charge is -2.10. The largest absolute Gasteiger partial charge is 0.376 e. The second kappa shape index (κ2) is 7.38. The van der Waals surface area contributed by atoms with E-state index >= 15 is 0 Å². The van der Waals surface area contributed by atoms with E-state index in [-0.39, 0.29) is 0 Å². The molecular formula is C17H24O. The highest BCUT2D eigenvalue weighted by Crippen LogP contribution is 2.24. The van der Waals surface area contributed by atoms with E-state index in [9.17, 15) is 0 Å². The van der Waals surface area contributed by atoms with Gasteiger partial charge in [-0.05, 0) is 30.4 Å². The smallest absolute Gasteiger partial charge is 0.0680 e. The Morgan fingerprint density at radius 2 is 2.06 bits per heavy atom. The summed E-state index contributed by atoms with van der Waals surface area (Å²) in [6.07, 6.45) is 8.73. The summed E-state index contributed by atoms with van der Waals surface area (Å²) >= 11 is 0. The molecule has 0 aliphatic carbocycles. The minimum atomic E-state index is 0.606. The van der Waals surface area contributed by atoms with Gasteiger partial charge in [0.2, 0.25) is 0 Å². The molecule has 0 N–H and O–H groups in total. The van der Waals surface area contributed by atoms with Crippen LogP contribution in [0.3, 0.4) is 0 Å². The van der Waals surface area contributed by atoms with Crippen molar-refractivity contribution in [1.82, 2.24) is 0 Å². The van der Waals surface area contributed by atoms with Crippen LogP contribution in [-0.2, 0) is 11.2 Å². The third kappa shape index (κ3) is 3.99. The van der Waals surface area contributed by atoms with Gasteiger partial charge in [-0.1, -0.05) is 56.2 Å². The van der Waals surface area contributed by atoms with Crippen molar-refractivity contribution in [2.45, 2.75) is 39.0 Å². The van der Waals surface area contributed by atoms with Gasteiger partial charge < -0.3 is 4.74 Å². The summed E-state index contributed by atoms with van der Waals surface area (Å²) in [5.74, 6) is 0.606. The summed E-state index contributed by atoms with van der Waals surface area (Å²) in [7, 11) is 0. The van der Waals surface area contributed by atoms with Gasteiger partial charge >= 0.3 is 0 Å². The van der Waals surface area contributed by atoms with Crippen LogP contribution in [0.25, 0.3) is 0 Å². The summed E-state index contributed by atoms with van der Waals surface area (Å²) < 4.78 is 5.63. The standard InChI is InChI=1S/C17H24O/c1-2-3-4-8-11-16-13-18-14-17(16)12-15-9-6-5-7-10-15/h5-7,9-11,17H,2-4,8,12-14H2,1H3/t17-/m1/s1. The van der Waals surface area contributed by atoms with Crippen molar-refractivity contribution < 1.29 is 4.74 Å². The number of rotatable bonds is 6. The molecule has 0 radical (unpaired) electrons. The lowest BCUT2D eigenvalue weighted by atomic mass is 9.93. The third-order valence-electron chi connectivity index (χ3n) is 3.65. The molecule has 0 unspecified atom stereocenters. The summed E-state index contributed by atoms with van der Waals surface area (Å²) in [5, 5.41) is 0. The molecule has 1 heteroatoms. The average molecular weight is 244 g/mol. The lowest BCUT2D eigenvalue weighted by Crippen LogP contribution is -2.06. The van der Waals surface area contributed by atoms with Crippen molar-refractivity contribution in [3.63, 3.8) is 0 Å². The van der Waals surface area contributed by atoms with Crippen molar-refractivity contribution in [3.05, 3.63) is 47.5 Å². The van der Waals surface area contributed by atoms with Crippen LogP contribution in [0.1, 0.15) is 38.2 Å². The molecule has 1 nitrogen and oxygen atoms in total. The molecule has 1 aromatic rings. The van der Waals surface area contributed by atoms with Gasteiger partial charge in [-0.2, -0.15) is 0 Å². The normalized spacial score (nSPS) is 21.6. The zero-order valence-corrected chi connectivity index (χ0v) is 11.4. The summed E-state index contributed by atoms with van der Waals surface area (Å²) in [5.41, 5.74) is 2.95. The zero-order valence-electron chi connectivity index (χ0n) is 11.4. The number of hydrogen-bond acceptors (Lipinski definition) is 1. The van der Waals surface area contributed by atoms with E-state index in [2.05, 4.69) is 43.3 Å². The van der Waals surface area contributed by atoms with Gasteiger partial charge in [0, 0.05) is 5.92 Å². The van der Waals surface area contributed by atoms with Crippen LogP contribution in [0.15, 0.2) is 42.0 Å². The lowest BCUT2D eigenvalue weighted by molar-refractivity contribution is 0.188. The second-order valence-corrected chi connectivity index (χ2v) is 5.18. The first-order valence-corrected chi connectivity index (χ1v) is 7.20. The predicted molar refractivity (Wildman–Crippen MR) is 76.7 cm³/mol. The summed E-state index contributed by atoms with van der Waals surface area (Å²) in [6.45, 7) is 4.00. The summed E-state index contributed by atoms with van der Waals surface area (Å²) in [4.78, 5) is 0.